The van der Waals surface area contributed by atoms with Gasteiger partial charge in [0, 0.05) is 115 Å². The molecule has 17 aromatic carbocycles. The van der Waals surface area contributed by atoms with Crippen LogP contribution in [0.1, 0.15) is 0 Å². The molecule has 6 heterocycles. The van der Waals surface area contributed by atoms with Gasteiger partial charge in [-0.15, -0.1) is 34.0 Å². The number of nitrogens with zero attached hydrogens (tertiary/aromatic N) is 6. The molecule has 0 N–H and O–H groups in total. The molecule has 23 rings (SSSR count). The molecule has 107 heavy (non-hydrogen) atoms. The Morgan fingerprint density at radius 2 is 0.533 bits per heavy atom. The number of rotatable bonds is 6. The molecule has 0 aliphatic carbocycles. The molecule has 498 valence electrons. The van der Waals surface area contributed by atoms with Crippen LogP contribution in [0.25, 0.3) is 215 Å². The van der Waals surface area contributed by atoms with Gasteiger partial charge in [0.05, 0.1) is 33.6 Å². The molecule has 0 saturated carbocycles. The van der Waals surface area contributed by atoms with Crippen LogP contribution in [0.15, 0.2) is 352 Å². The highest BCUT2D eigenvalue weighted by Crippen LogP contribution is 2.45. The van der Waals surface area contributed by atoms with Crippen molar-refractivity contribution in [2.75, 3.05) is 0 Å². The summed E-state index contributed by atoms with van der Waals surface area (Å²) in [4.78, 5) is 31.0. The van der Waals surface area contributed by atoms with Crippen LogP contribution in [0.3, 0.4) is 0 Å². The van der Waals surface area contributed by atoms with Gasteiger partial charge in [-0.1, -0.05) is 279 Å². The van der Waals surface area contributed by atoms with E-state index in [0.29, 0.717) is 0 Å². The van der Waals surface area contributed by atoms with E-state index in [1.54, 1.807) is 0 Å². The Kier molecular flexibility index (Phi) is 15.0. The first-order chi connectivity index (χ1) is 53.0. The van der Waals surface area contributed by atoms with E-state index in [4.69, 9.17) is 29.9 Å². The Labute approximate surface area is 626 Å². The maximum absolute atomic E-state index is 5.26. The van der Waals surface area contributed by atoms with Gasteiger partial charge in [0.1, 0.15) is 0 Å². The van der Waals surface area contributed by atoms with Gasteiger partial charge in [-0.2, -0.15) is 0 Å². The maximum atomic E-state index is 5.26. The highest BCUT2D eigenvalue weighted by Gasteiger charge is 2.21. The van der Waals surface area contributed by atoms with Crippen molar-refractivity contribution in [1.82, 2.24) is 29.9 Å². The third-order valence-electron chi connectivity index (χ3n) is 20.8. The van der Waals surface area contributed by atoms with Gasteiger partial charge in [0.25, 0.3) is 0 Å². The molecule has 23 aromatic rings. The molecule has 9 heteroatoms. The summed E-state index contributed by atoms with van der Waals surface area (Å²) >= 11 is 5.55. The molecule has 0 saturated heterocycles. The Balaban J connectivity index is 0.000000103. The molecular formula is C98H58N6S3. The van der Waals surface area contributed by atoms with Gasteiger partial charge >= 0.3 is 0 Å². The highest BCUT2D eigenvalue weighted by molar-refractivity contribution is 7.26. The van der Waals surface area contributed by atoms with Crippen molar-refractivity contribution in [2.45, 2.75) is 0 Å². The van der Waals surface area contributed by atoms with Crippen LogP contribution in [-0.2, 0) is 0 Å². The summed E-state index contributed by atoms with van der Waals surface area (Å²) in [5, 5.41) is 22.9. The average molecular weight is 1420 g/mol. The number of para-hydroxylation sites is 1. The summed E-state index contributed by atoms with van der Waals surface area (Å²) in [5.74, 6) is 2.27. The minimum absolute atomic E-state index is 0.756. The van der Waals surface area contributed by atoms with E-state index >= 15 is 0 Å². The van der Waals surface area contributed by atoms with Gasteiger partial charge in [0.15, 0.2) is 17.5 Å². The molecule has 0 radical (unpaired) electrons. The van der Waals surface area contributed by atoms with Crippen LogP contribution in [0.4, 0.5) is 0 Å². The SMILES string of the molecule is c1ccc(-c2nc(-c3cccc4cc5sc6ccccc6c5cc34)nc3c2ccc2ccccc23)cc1.c1ccc(-c2nc(-c3cccc4cc5sc6ccccc6c5cc34)nc3ccc4ccccc4c23)cc1.c1ccc(-c2nc(-c3cccc4cc5sc6ccccc6c5cc34)nc3ccccc23)cc1. The van der Waals surface area contributed by atoms with Gasteiger partial charge in [-0.3, -0.25) is 0 Å². The first-order valence-electron chi connectivity index (χ1n) is 35.9. The maximum Gasteiger partial charge on any atom is 0.161 e. The lowest BCUT2D eigenvalue weighted by atomic mass is 9.98. The van der Waals surface area contributed by atoms with E-state index in [1.165, 1.54) is 109 Å². The average Bonchev–Trinajstić information content (AvgIpc) is 1.75. The highest BCUT2D eigenvalue weighted by atomic mass is 32.1. The minimum Gasteiger partial charge on any atom is -0.228 e. The fourth-order valence-corrected chi connectivity index (χ4v) is 19.1. The molecule has 6 aromatic heterocycles. The van der Waals surface area contributed by atoms with Crippen LogP contribution in [0.2, 0.25) is 0 Å². The largest absolute Gasteiger partial charge is 0.228 e. The van der Waals surface area contributed by atoms with E-state index < -0.39 is 0 Å². The van der Waals surface area contributed by atoms with Crippen LogP contribution < -0.4 is 0 Å². The van der Waals surface area contributed by atoms with Gasteiger partial charge < -0.3 is 0 Å². The lowest BCUT2D eigenvalue weighted by Gasteiger charge is -2.13. The minimum atomic E-state index is 0.756. The molecule has 0 atom stereocenters. The molecule has 0 fully saturated rings. The van der Waals surface area contributed by atoms with Crippen LogP contribution >= 0.6 is 34.0 Å². The van der Waals surface area contributed by atoms with Crippen molar-refractivity contribution in [2.24, 2.45) is 0 Å². The normalized spacial score (nSPS) is 11.7. The number of fused-ring (bicyclic) bond motifs is 19. The van der Waals surface area contributed by atoms with Crippen molar-refractivity contribution >= 4 is 181 Å². The molecule has 0 spiro atoms. The predicted molar refractivity (Wildman–Crippen MR) is 457 cm³/mol. The number of benzene rings is 17. The Morgan fingerprint density at radius 3 is 1.03 bits per heavy atom. The Morgan fingerprint density at radius 1 is 0.178 bits per heavy atom. The fraction of sp³-hybridized carbons (Fsp3) is 0. The summed E-state index contributed by atoms with van der Waals surface area (Å²) in [7, 11) is 0. The zero-order chi connectivity index (χ0) is 70.5. The standard InChI is InChI=1S/2C34H20N2S.C30H18N2S/c1-2-10-22(11-3-1)33-32-24-13-5-4-9-21(24)17-18-29(32)35-34(36-33)26-15-8-12-23-19-31-28(20-27(23)26)25-14-6-7-16-30(25)37-31;1-2-10-22(11-3-1)32-27-18-17-21-9-4-5-13-24(21)33(27)36-34(35-32)26-15-8-12-23-19-31-29(20-28(23)26)25-14-6-7-16-30(25)37-31;1-2-9-19(10-3-1)29-23-13-4-6-15-26(23)31-30(32-29)22-14-8-11-20-17-28-25(18-24(20)22)21-12-5-7-16-27(21)33-28/h2*1-20H;1-18H. The number of thiophene rings is 3. The zero-order valence-electron chi connectivity index (χ0n) is 57.4. The predicted octanol–water partition coefficient (Wildman–Crippen LogP) is 27.8. The Bertz CT molecular complexity index is 7520. The van der Waals surface area contributed by atoms with E-state index in [1.807, 2.05) is 64.3 Å². The monoisotopic (exact) mass is 1410 g/mol. The molecule has 0 unspecified atom stereocenters. The third-order valence-corrected chi connectivity index (χ3v) is 24.2. The third kappa shape index (κ3) is 10.9. The van der Waals surface area contributed by atoms with E-state index in [9.17, 15) is 0 Å². The topological polar surface area (TPSA) is 77.3 Å². The van der Waals surface area contributed by atoms with E-state index in [2.05, 4.69) is 322 Å². The van der Waals surface area contributed by atoms with Crippen molar-refractivity contribution in [3.63, 3.8) is 0 Å². The Hall–Kier alpha value is -13.3. The van der Waals surface area contributed by atoms with E-state index in [0.717, 1.165) is 106 Å². The quantitative estimate of drug-likeness (QED) is 0.154. The zero-order valence-corrected chi connectivity index (χ0v) is 59.8. The lowest BCUT2D eigenvalue weighted by Crippen LogP contribution is -1.96. The summed E-state index contributed by atoms with van der Waals surface area (Å²) < 4.78 is 7.87. The number of hydrogen-bond donors (Lipinski definition) is 0. The van der Waals surface area contributed by atoms with Crippen LogP contribution in [0, 0.1) is 0 Å². The fourth-order valence-electron chi connectivity index (χ4n) is 15.7. The van der Waals surface area contributed by atoms with Crippen LogP contribution in [0.5, 0.6) is 0 Å². The summed E-state index contributed by atoms with van der Waals surface area (Å²) in [6.45, 7) is 0. The molecule has 0 aliphatic heterocycles. The second-order valence-electron chi connectivity index (χ2n) is 27.1. The number of hydrogen-bond acceptors (Lipinski definition) is 9. The van der Waals surface area contributed by atoms with Gasteiger partial charge in [-0.25, -0.2) is 29.9 Å². The second kappa shape index (κ2) is 25.8. The molecule has 0 bridgehead atoms. The second-order valence-corrected chi connectivity index (χ2v) is 30.3. The van der Waals surface area contributed by atoms with Crippen LogP contribution in [-0.4, -0.2) is 29.9 Å². The lowest BCUT2D eigenvalue weighted by molar-refractivity contribution is 1.23. The first-order valence-corrected chi connectivity index (χ1v) is 38.3. The molecular weight excluding hydrogens is 1360 g/mol. The molecule has 0 aliphatic rings. The first kappa shape index (κ1) is 62.3. The van der Waals surface area contributed by atoms with Crippen molar-refractivity contribution < 1.29 is 0 Å². The van der Waals surface area contributed by atoms with Crippen molar-refractivity contribution in [3.8, 4) is 67.9 Å². The van der Waals surface area contributed by atoms with Gasteiger partial charge in [0.2, 0.25) is 0 Å². The van der Waals surface area contributed by atoms with E-state index in [-0.39, 0.29) is 0 Å². The summed E-state index contributed by atoms with van der Waals surface area (Å²) in [6, 6.07) is 124. The van der Waals surface area contributed by atoms with Gasteiger partial charge in [-0.05, 0) is 121 Å². The van der Waals surface area contributed by atoms with Crippen molar-refractivity contribution in [3.05, 3.63) is 352 Å². The summed E-state index contributed by atoms with van der Waals surface area (Å²) in [6.07, 6.45) is 0. The molecule has 0 amide bonds. The van der Waals surface area contributed by atoms with Crippen molar-refractivity contribution in [1.29, 1.82) is 0 Å². The smallest absolute Gasteiger partial charge is 0.161 e. The molecule has 6 nitrogen and oxygen atoms in total. The summed E-state index contributed by atoms with van der Waals surface area (Å²) in [5.41, 5.74) is 12.3. The number of aromatic nitrogens is 6.